The minimum absolute atomic E-state index is 0.309. The molecule has 1 N–H and O–H groups in total. The highest BCUT2D eigenvalue weighted by molar-refractivity contribution is 6.49. The third-order valence-corrected chi connectivity index (χ3v) is 6.03. The fourth-order valence-electron chi connectivity index (χ4n) is 3.78. The number of methoxy groups -OCH3 is 1. The van der Waals surface area contributed by atoms with Crippen LogP contribution in [0.1, 0.15) is 21.6 Å². The van der Waals surface area contributed by atoms with Crippen LogP contribution < -0.4 is 10.1 Å². The molecule has 8 heteroatoms. The molecule has 0 radical (unpaired) electrons. The summed E-state index contributed by atoms with van der Waals surface area (Å²) in [4.78, 5) is 26.2. The lowest BCUT2D eigenvalue weighted by atomic mass is 10.1. The number of amides is 1. The molecule has 33 heavy (non-hydrogen) atoms. The van der Waals surface area contributed by atoms with Gasteiger partial charge in [-0.1, -0.05) is 46.9 Å². The summed E-state index contributed by atoms with van der Waals surface area (Å²) in [6.45, 7) is 2.32. The number of nitrogens with one attached hydrogen (secondary N) is 1. The van der Waals surface area contributed by atoms with E-state index in [9.17, 15) is 9.59 Å². The van der Waals surface area contributed by atoms with Gasteiger partial charge < -0.3 is 14.6 Å². The van der Waals surface area contributed by atoms with Gasteiger partial charge in [0, 0.05) is 43.9 Å². The Morgan fingerprint density at radius 1 is 0.909 bits per heavy atom. The summed E-state index contributed by atoms with van der Waals surface area (Å²) in [5.74, 6) is -0.872. The standard InChI is InChI=1S/C25H19Cl3N2O3/c1-14-23(24(31)25(32)29-19-10-17(27)9-18(28)11-19)21-12-20(33-2)7-8-22(21)30(14)13-15-3-5-16(26)6-4-15/h3-12H,13H2,1-2H3,(H,29,32). The lowest BCUT2D eigenvalue weighted by molar-refractivity contribution is -0.112. The van der Waals surface area contributed by atoms with Crippen LogP contribution in [-0.2, 0) is 11.3 Å². The Bertz CT molecular complexity index is 1360. The molecule has 0 fully saturated rings. The number of ketones is 1. The molecule has 168 valence electrons. The highest BCUT2D eigenvalue weighted by Gasteiger charge is 2.26. The van der Waals surface area contributed by atoms with Crippen LogP contribution in [0.2, 0.25) is 15.1 Å². The first kappa shape index (κ1) is 23.2. The number of hydrogen-bond acceptors (Lipinski definition) is 3. The van der Waals surface area contributed by atoms with Gasteiger partial charge in [0.1, 0.15) is 5.75 Å². The topological polar surface area (TPSA) is 60.3 Å². The number of benzene rings is 3. The number of Topliss-reactive ketones (excluding diaryl/α,β-unsaturated/α-hetero) is 1. The van der Waals surface area contributed by atoms with Gasteiger partial charge in [0.05, 0.1) is 12.7 Å². The first-order valence-electron chi connectivity index (χ1n) is 10.00. The van der Waals surface area contributed by atoms with Crippen molar-refractivity contribution in [2.24, 2.45) is 0 Å². The lowest BCUT2D eigenvalue weighted by Gasteiger charge is -2.10. The highest BCUT2D eigenvalue weighted by Crippen LogP contribution is 2.31. The predicted molar refractivity (Wildman–Crippen MR) is 133 cm³/mol. The Morgan fingerprint density at radius 2 is 1.58 bits per heavy atom. The van der Waals surface area contributed by atoms with Gasteiger partial charge in [-0.3, -0.25) is 9.59 Å². The molecule has 5 nitrogen and oxygen atoms in total. The second-order valence-corrected chi connectivity index (χ2v) is 8.81. The molecule has 0 bridgehead atoms. The average molecular weight is 502 g/mol. The monoisotopic (exact) mass is 500 g/mol. The quantitative estimate of drug-likeness (QED) is 0.234. The van der Waals surface area contributed by atoms with Crippen molar-refractivity contribution < 1.29 is 14.3 Å². The van der Waals surface area contributed by atoms with E-state index in [0.29, 0.717) is 49.7 Å². The van der Waals surface area contributed by atoms with Gasteiger partial charge in [-0.15, -0.1) is 0 Å². The molecule has 0 atom stereocenters. The summed E-state index contributed by atoms with van der Waals surface area (Å²) in [5, 5.41) is 4.57. The smallest absolute Gasteiger partial charge is 0.296 e. The van der Waals surface area contributed by atoms with Crippen LogP contribution in [0.15, 0.2) is 60.7 Å². The van der Waals surface area contributed by atoms with Gasteiger partial charge in [0.15, 0.2) is 0 Å². The molecule has 0 aliphatic heterocycles. The maximum atomic E-state index is 13.3. The van der Waals surface area contributed by atoms with Crippen molar-refractivity contribution in [1.29, 1.82) is 0 Å². The molecule has 0 spiro atoms. The highest BCUT2D eigenvalue weighted by atomic mass is 35.5. The number of rotatable bonds is 6. The number of ether oxygens (including phenoxy) is 1. The molecule has 1 amide bonds. The number of nitrogens with zero attached hydrogens (tertiary/aromatic N) is 1. The number of carbonyl (C=O) groups is 2. The molecule has 3 aromatic carbocycles. The number of aromatic nitrogens is 1. The van der Waals surface area contributed by atoms with Gasteiger partial charge in [-0.05, 0) is 61.0 Å². The van der Waals surface area contributed by atoms with Crippen molar-refractivity contribution >= 4 is 63.1 Å². The maximum Gasteiger partial charge on any atom is 0.296 e. The second-order valence-electron chi connectivity index (χ2n) is 7.50. The SMILES string of the molecule is COc1ccc2c(c1)c(C(=O)C(=O)Nc1cc(Cl)cc(Cl)c1)c(C)n2Cc1ccc(Cl)cc1. The minimum atomic E-state index is -0.787. The Morgan fingerprint density at radius 3 is 2.21 bits per heavy atom. The summed E-state index contributed by atoms with van der Waals surface area (Å²) >= 11 is 18.0. The molecule has 1 heterocycles. The van der Waals surface area contributed by atoms with Crippen LogP contribution in [0, 0.1) is 6.92 Å². The summed E-state index contributed by atoms with van der Waals surface area (Å²) in [6.07, 6.45) is 0. The van der Waals surface area contributed by atoms with E-state index < -0.39 is 11.7 Å². The molecule has 1 aromatic heterocycles. The van der Waals surface area contributed by atoms with Gasteiger partial charge in [-0.2, -0.15) is 0 Å². The Kier molecular flexibility index (Phi) is 6.66. The molecule has 0 aliphatic rings. The van der Waals surface area contributed by atoms with Gasteiger partial charge in [0.2, 0.25) is 0 Å². The van der Waals surface area contributed by atoms with E-state index in [1.54, 1.807) is 19.2 Å². The van der Waals surface area contributed by atoms with E-state index in [1.165, 1.54) is 12.1 Å². The third kappa shape index (κ3) is 4.86. The van der Waals surface area contributed by atoms with Crippen LogP contribution >= 0.6 is 34.8 Å². The Balaban J connectivity index is 1.76. The van der Waals surface area contributed by atoms with Crippen molar-refractivity contribution in [3.63, 3.8) is 0 Å². The number of carbonyl (C=O) groups excluding carboxylic acids is 2. The average Bonchev–Trinajstić information content (AvgIpc) is 3.04. The van der Waals surface area contributed by atoms with Gasteiger partial charge in [-0.25, -0.2) is 0 Å². The van der Waals surface area contributed by atoms with Crippen molar-refractivity contribution in [2.75, 3.05) is 12.4 Å². The molecule has 0 saturated heterocycles. The molecule has 0 saturated carbocycles. The van der Waals surface area contributed by atoms with E-state index in [2.05, 4.69) is 5.32 Å². The summed E-state index contributed by atoms with van der Waals surface area (Å²) in [6, 6.07) is 17.5. The first-order chi connectivity index (χ1) is 15.8. The molecule has 0 aliphatic carbocycles. The van der Waals surface area contributed by atoms with Crippen molar-refractivity contribution in [3.05, 3.63) is 92.6 Å². The van der Waals surface area contributed by atoms with Crippen LogP contribution in [0.4, 0.5) is 5.69 Å². The van der Waals surface area contributed by atoms with E-state index in [0.717, 1.165) is 11.1 Å². The van der Waals surface area contributed by atoms with Crippen LogP contribution in [0.5, 0.6) is 5.75 Å². The fraction of sp³-hybridized carbons (Fsp3) is 0.120. The number of hydrogen-bond donors (Lipinski definition) is 1. The van der Waals surface area contributed by atoms with Crippen molar-refractivity contribution in [3.8, 4) is 5.75 Å². The molecule has 4 aromatic rings. The van der Waals surface area contributed by atoms with E-state index in [-0.39, 0.29) is 0 Å². The Labute approximate surface area is 205 Å². The summed E-state index contributed by atoms with van der Waals surface area (Å²) in [5.41, 5.74) is 3.13. The van der Waals surface area contributed by atoms with Crippen molar-refractivity contribution in [2.45, 2.75) is 13.5 Å². The van der Waals surface area contributed by atoms with E-state index in [1.807, 2.05) is 47.9 Å². The zero-order valence-corrected chi connectivity index (χ0v) is 20.1. The van der Waals surface area contributed by atoms with Crippen LogP contribution in [0.25, 0.3) is 10.9 Å². The number of fused-ring (bicyclic) bond motifs is 1. The normalized spacial score (nSPS) is 10.9. The molecule has 4 rings (SSSR count). The van der Waals surface area contributed by atoms with E-state index >= 15 is 0 Å². The fourth-order valence-corrected chi connectivity index (χ4v) is 4.43. The zero-order chi connectivity index (χ0) is 23.7. The molecular formula is C25H19Cl3N2O3. The van der Waals surface area contributed by atoms with Crippen molar-refractivity contribution in [1.82, 2.24) is 4.57 Å². The minimum Gasteiger partial charge on any atom is -0.497 e. The zero-order valence-electron chi connectivity index (χ0n) is 17.8. The van der Waals surface area contributed by atoms with Crippen LogP contribution in [-0.4, -0.2) is 23.4 Å². The van der Waals surface area contributed by atoms with E-state index in [4.69, 9.17) is 39.5 Å². The van der Waals surface area contributed by atoms with Gasteiger partial charge >= 0.3 is 0 Å². The van der Waals surface area contributed by atoms with Gasteiger partial charge in [0.25, 0.3) is 11.7 Å². The third-order valence-electron chi connectivity index (χ3n) is 5.34. The number of anilines is 1. The largest absolute Gasteiger partial charge is 0.497 e. The second kappa shape index (κ2) is 9.48. The number of halogens is 3. The predicted octanol–water partition coefficient (Wildman–Crippen LogP) is 6.79. The summed E-state index contributed by atoms with van der Waals surface area (Å²) in [7, 11) is 1.55. The van der Waals surface area contributed by atoms with Crippen LogP contribution in [0.3, 0.4) is 0 Å². The Hall–Kier alpha value is -2.99. The summed E-state index contributed by atoms with van der Waals surface area (Å²) < 4.78 is 7.35. The molecule has 0 unspecified atom stereocenters. The molecular weight excluding hydrogens is 483 g/mol. The first-order valence-corrected chi connectivity index (χ1v) is 11.1. The lowest BCUT2D eigenvalue weighted by Crippen LogP contribution is -2.23. The maximum absolute atomic E-state index is 13.3.